The third-order valence-electron chi connectivity index (χ3n) is 2.93. The highest BCUT2D eigenvalue weighted by Crippen LogP contribution is 2.36. The highest BCUT2D eigenvalue weighted by Gasteiger charge is 2.25. The van der Waals surface area contributed by atoms with Gasteiger partial charge >= 0.3 is 5.69 Å². The molecule has 0 amide bonds. The van der Waals surface area contributed by atoms with Gasteiger partial charge in [-0.2, -0.15) is 0 Å². The molecular weight excluding hydrogens is 254 g/mol. The first-order valence-corrected chi connectivity index (χ1v) is 6.51. The number of nitrogens with one attached hydrogen (secondary N) is 1. The fraction of sp³-hybridized carbons (Fsp3) is 0.364. The molecule has 0 saturated carbocycles. The van der Waals surface area contributed by atoms with E-state index in [1.165, 1.54) is 11.3 Å². The molecule has 1 N–H and O–H groups in total. The van der Waals surface area contributed by atoms with Crippen LogP contribution < -0.4 is 10.1 Å². The molecule has 1 aliphatic rings. The lowest BCUT2D eigenvalue weighted by atomic mass is 10.2. The maximum Gasteiger partial charge on any atom is 0.337 e. The normalized spacial score (nSPS) is 19.2. The Morgan fingerprint density at radius 2 is 2.44 bits per heavy atom. The van der Waals surface area contributed by atoms with Crippen LogP contribution in [-0.2, 0) is 0 Å². The molecule has 1 saturated heterocycles. The molecule has 7 heteroatoms. The molecule has 1 atom stereocenters. The predicted octanol–water partition coefficient (Wildman–Crippen LogP) is 1.95. The summed E-state index contributed by atoms with van der Waals surface area (Å²) in [5.74, 6) is 0.312. The molecule has 2 heterocycles. The SMILES string of the molecule is O=[N+]([O-])c1c(OC2CCNC2)ccc2scnc12. The molecule has 18 heavy (non-hydrogen) atoms. The van der Waals surface area contributed by atoms with Gasteiger partial charge in [-0.1, -0.05) is 0 Å². The Kier molecular flexibility index (Phi) is 2.85. The van der Waals surface area contributed by atoms with Crippen LogP contribution >= 0.6 is 11.3 Å². The summed E-state index contributed by atoms with van der Waals surface area (Å²) in [5, 5.41) is 14.3. The maximum atomic E-state index is 11.2. The Bertz CT molecular complexity index is 592. The summed E-state index contributed by atoms with van der Waals surface area (Å²) < 4.78 is 6.51. The van der Waals surface area contributed by atoms with Crippen molar-refractivity contribution >= 4 is 27.2 Å². The maximum absolute atomic E-state index is 11.2. The number of ether oxygens (including phenoxy) is 1. The van der Waals surface area contributed by atoms with E-state index < -0.39 is 4.92 Å². The van der Waals surface area contributed by atoms with Crippen molar-refractivity contribution in [2.24, 2.45) is 0 Å². The number of fused-ring (bicyclic) bond motifs is 1. The summed E-state index contributed by atoms with van der Waals surface area (Å²) >= 11 is 1.39. The molecule has 1 unspecified atom stereocenters. The molecule has 1 fully saturated rings. The van der Waals surface area contributed by atoms with Crippen molar-refractivity contribution in [2.45, 2.75) is 12.5 Å². The second kappa shape index (κ2) is 4.51. The zero-order chi connectivity index (χ0) is 12.5. The van der Waals surface area contributed by atoms with Crippen molar-refractivity contribution in [3.63, 3.8) is 0 Å². The first-order valence-electron chi connectivity index (χ1n) is 5.63. The standard InChI is InChI=1S/C11H11N3O3S/c15-14(16)11-8(17-7-3-4-12-5-7)1-2-9-10(11)13-6-18-9/h1-2,6-7,12H,3-5H2. The number of hydrogen-bond acceptors (Lipinski definition) is 6. The van der Waals surface area contributed by atoms with Crippen LogP contribution in [0.25, 0.3) is 10.2 Å². The van der Waals surface area contributed by atoms with Crippen molar-refractivity contribution in [3.8, 4) is 5.75 Å². The monoisotopic (exact) mass is 265 g/mol. The van der Waals surface area contributed by atoms with Gasteiger partial charge in [0, 0.05) is 6.54 Å². The first kappa shape index (κ1) is 11.4. The summed E-state index contributed by atoms with van der Waals surface area (Å²) in [6.07, 6.45) is 0.867. The van der Waals surface area contributed by atoms with E-state index >= 15 is 0 Å². The van der Waals surface area contributed by atoms with E-state index in [1.54, 1.807) is 11.6 Å². The molecule has 1 aromatic carbocycles. The Hall–Kier alpha value is -1.73. The predicted molar refractivity (Wildman–Crippen MR) is 68.2 cm³/mol. The van der Waals surface area contributed by atoms with Crippen molar-refractivity contribution in [1.29, 1.82) is 0 Å². The summed E-state index contributed by atoms with van der Waals surface area (Å²) in [4.78, 5) is 14.8. The number of nitro benzene ring substituents is 1. The molecule has 94 valence electrons. The molecule has 1 aliphatic heterocycles. The van der Waals surface area contributed by atoms with Crippen LogP contribution in [0.1, 0.15) is 6.42 Å². The molecule has 3 rings (SSSR count). The molecule has 6 nitrogen and oxygen atoms in total. The number of nitro groups is 1. The number of nitrogens with zero attached hydrogens (tertiary/aromatic N) is 2. The van der Waals surface area contributed by atoms with Gasteiger partial charge in [0.25, 0.3) is 0 Å². The van der Waals surface area contributed by atoms with Crippen LogP contribution in [0, 0.1) is 10.1 Å². The lowest BCUT2D eigenvalue weighted by Crippen LogP contribution is -2.20. The van der Waals surface area contributed by atoms with Gasteiger partial charge in [-0.25, -0.2) is 4.98 Å². The Morgan fingerprint density at radius 1 is 1.56 bits per heavy atom. The minimum Gasteiger partial charge on any atom is -0.482 e. The lowest BCUT2D eigenvalue weighted by molar-refractivity contribution is -0.384. The zero-order valence-electron chi connectivity index (χ0n) is 9.46. The Balaban J connectivity index is 2.03. The van der Waals surface area contributed by atoms with Crippen molar-refractivity contribution in [1.82, 2.24) is 10.3 Å². The quantitative estimate of drug-likeness (QED) is 0.678. The second-order valence-electron chi connectivity index (χ2n) is 4.10. The van der Waals surface area contributed by atoms with Crippen molar-refractivity contribution in [3.05, 3.63) is 27.8 Å². The molecule has 0 aliphatic carbocycles. The van der Waals surface area contributed by atoms with E-state index in [1.807, 2.05) is 6.07 Å². The van der Waals surface area contributed by atoms with Crippen LogP contribution in [0.15, 0.2) is 17.6 Å². The largest absolute Gasteiger partial charge is 0.482 e. The van der Waals surface area contributed by atoms with Gasteiger partial charge in [0.2, 0.25) is 0 Å². The number of benzene rings is 1. The van der Waals surface area contributed by atoms with E-state index in [-0.39, 0.29) is 11.8 Å². The van der Waals surface area contributed by atoms with Gasteiger partial charge < -0.3 is 10.1 Å². The zero-order valence-corrected chi connectivity index (χ0v) is 10.3. The van der Waals surface area contributed by atoms with Gasteiger partial charge in [-0.15, -0.1) is 11.3 Å². The number of aromatic nitrogens is 1. The summed E-state index contributed by atoms with van der Waals surface area (Å²) in [6, 6.07) is 3.48. The van der Waals surface area contributed by atoms with Gasteiger partial charge in [-0.3, -0.25) is 10.1 Å². The molecule has 0 bridgehead atoms. The number of rotatable bonds is 3. The highest BCUT2D eigenvalue weighted by atomic mass is 32.1. The van der Waals surface area contributed by atoms with Crippen LogP contribution in [0.4, 0.5) is 5.69 Å². The smallest absolute Gasteiger partial charge is 0.337 e. The van der Waals surface area contributed by atoms with E-state index in [2.05, 4.69) is 10.3 Å². The first-order chi connectivity index (χ1) is 8.75. The van der Waals surface area contributed by atoms with E-state index in [0.29, 0.717) is 11.3 Å². The average Bonchev–Trinajstić information content (AvgIpc) is 2.98. The molecule has 1 aromatic heterocycles. The lowest BCUT2D eigenvalue weighted by Gasteiger charge is -2.12. The Labute approximate surface area is 107 Å². The van der Waals surface area contributed by atoms with Gasteiger partial charge in [0.1, 0.15) is 6.10 Å². The molecule has 2 aromatic rings. The van der Waals surface area contributed by atoms with E-state index in [9.17, 15) is 10.1 Å². The van der Waals surface area contributed by atoms with Crippen LogP contribution in [0.3, 0.4) is 0 Å². The minimum atomic E-state index is -0.417. The third-order valence-corrected chi connectivity index (χ3v) is 3.72. The second-order valence-corrected chi connectivity index (χ2v) is 4.99. The van der Waals surface area contributed by atoms with Crippen LogP contribution in [0.2, 0.25) is 0 Å². The van der Waals surface area contributed by atoms with Gasteiger partial charge in [-0.05, 0) is 25.1 Å². The van der Waals surface area contributed by atoms with Crippen LogP contribution in [-0.4, -0.2) is 29.1 Å². The summed E-state index contributed by atoms with van der Waals surface area (Å²) in [5.41, 5.74) is 1.99. The molecule has 0 spiro atoms. The van der Waals surface area contributed by atoms with Gasteiger partial charge in [0.05, 0.1) is 15.1 Å². The number of hydrogen-bond donors (Lipinski definition) is 1. The fourth-order valence-corrected chi connectivity index (χ4v) is 2.76. The van der Waals surface area contributed by atoms with Crippen molar-refractivity contribution < 1.29 is 9.66 Å². The number of thiazole rings is 1. The van der Waals surface area contributed by atoms with Crippen molar-refractivity contribution in [2.75, 3.05) is 13.1 Å². The topological polar surface area (TPSA) is 77.3 Å². The van der Waals surface area contributed by atoms with Gasteiger partial charge in [0.15, 0.2) is 11.3 Å². The minimum absolute atomic E-state index is 0.000198. The third kappa shape index (κ3) is 1.91. The highest BCUT2D eigenvalue weighted by molar-refractivity contribution is 7.16. The molecule has 0 radical (unpaired) electrons. The van der Waals surface area contributed by atoms with E-state index in [0.717, 1.165) is 24.2 Å². The summed E-state index contributed by atoms with van der Waals surface area (Å²) in [6.45, 7) is 1.61. The average molecular weight is 265 g/mol. The van der Waals surface area contributed by atoms with E-state index in [4.69, 9.17) is 4.74 Å². The van der Waals surface area contributed by atoms with Crippen LogP contribution in [0.5, 0.6) is 5.75 Å². The molecular formula is C11H11N3O3S. The fourth-order valence-electron chi connectivity index (χ4n) is 2.08. The summed E-state index contributed by atoms with van der Waals surface area (Å²) in [7, 11) is 0. The Morgan fingerprint density at radius 3 is 3.17 bits per heavy atom.